The number of benzene rings is 2. The number of carbonyl (C=O) groups excluding carboxylic acids is 1. The summed E-state index contributed by atoms with van der Waals surface area (Å²) in [5.41, 5.74) is 1.35. The third-order valence-corrected chi connectivity index (χ3v) is 3.77. The Morgan fingerprint density at radius 1 is 1.35 bits per heavy atom. The number of rotatable bonds is 5. The van der Waals surface area contributed by atoms with Gasteiger partial charge < -0.3 is 10.1 Å². The third-order valence-electron chi connectivity index (χ3n) is 2.88. The highest BCUT2D eigenvalue weighted by Gasteiger charge is 2.17. The fraction of sp³-hybridized carbons (Fsp3) is 0.133. The van der Waals surface area contributed by atoms with Gasteiger partial charge in [0.2, 0.25) is 0 Å². The molecular formula is C15H12BrClN2O4. The van der Waals surface area contributed by atoms with E-state index in [-0.39, 0.29) is 23.1 Å². The summed E-state index contributed by atoms with van der Waals surface area (Å²) >= 11 is 9.07. The average molecular weight is 400 g/mol. The first-order valence-electron chi connectivity index (χ1n) is 6.49. The van der Waals surface area contributed by atoms with Crippen molar-refractivity contribution in [2.75, 3.05) is 11.9 Å². The first kappa shape index (κ1) is 17.2. The van der Waals surface area contributed by atoms with Crippen molar-refractivity contribution in [1.82, 2.24) is 0 Å². The van der Waals surface area contributed by atoms with E-state index in [2.05, 4.69) is 21.2 Å². The average Bonchev–Trinajstić information content (AvgIpc) is 2.48. The van der Waals surface area contributed by atoms with Crippen LogP contribution >= 0.6 is 27.5 Å². The minimum absolute atomic E-state index is 0.0162. The first-order valence-corrected chi connectivity index (χ1v) is 7.66. The van der Waals surface area contributed by atoms with Gasteiger partial charge >= 0.3 is 5.69 Å². The predicted molar refractivity (Wildman–Crippen MR) is 91.1 cm³/mol. The number of aryl methyl sites for hydroxylation is 1. The maximum Gasteiger partial charge on any atom is 0.312 e. The monoisotopic (exact) mass is 398 g/mol. The van der Waals surface area contributed by atoms with Gasteiger partial charge in [-0.25, -0.2) is 0 Å². The van der Waals surface area contributed by atoms with E-state index in [9.17, 15) is 14.9 Å². The normalized spacial score (nSPS) is 10.2. The summed E-state index contributed by atoms with van der Waals surface area (Å²) in [6, 6.07) is 9.45. The summed E-state index contributed by atoms with van der Waals surface area (Å²) in [5.74, 6) is -0.448. The molecule has 0 fully saturated rings. The van der Waals surface area contributed by atoms with Crippen LogP contribution in [0.15, 0.2) is 40.9 Å². The molecule has 2 rings (SSSR count). The van der Waals surface area contributed by atoms with Crippen LogP contribution < -0.4 is 10.1 Å². The molecule has 0 unspecified atom stereocenters. The van der Waals surface area contributed by atoms with Gasteiger partial charge in [0, 0.05) is 15.6 Å². The summed E-state index contributed by atoms with van der Waals surface area (Å²) in [5, 5.41) is 13.8. The lowest BCUT2D eigenvalue weighted by Crippen LogP contribution is -2.20. The van der Waals surface area contributed by atoms with E-state index in [1.54, 1.807) is 6.07 Å². The van der Waals surface area contributed by atoms with Crippen molar-refractivity contribution in [3.8, 4) is 5.75 Å². The Kier molecular flexibility index (Phi) is 5.57. The zero-order chi connectivity index (χ0) is 17.0. The quantitative estimate of drug-likeness (QED) is 0.599. The molecule has 1 amide bonds. The second-order valence-corrected chi connectivity index (χ2v) is 5.98. The molecule has 0 spiro atoms. The molecule has 0 aliphatic carbocycles. The highest BCUT2D eigenvalue weighted by Crippen LogP contribution is 2.30. The summed E-state index contributed by atoms with van der Waals surface area (Å²) < 4.78 is 5.96. The Morgan fingerprint density at radius 3 is 2.74 bits per heavy atom. The van der Waals surface area contributed by atoms with Gasteiger partial charge in [-0.1, -0.05) is 17.7 Å². The summed E-state index contributed by atoms with van der Waals surface area (Å²) in [7, 11) is 0. The number of ether oxygens (including phenoxy) is 1. The molecule has 0 heterocycles. The second-order valence-electron chi connectivity index (χ2n) is 4.69. The maximum absolute atomic E-state index is 11.9. The minimum atomic E-state index is -0.615. The van der Waals surface area contributed by atoms with E-state index in [4.69, 9.17) is 16.3 Å². The minimum Gasteiger partial charge on any atom is -0.477 e. The Labute approximate surface area is 145 Å². The molecule has 0 bridgehead atoms. The number of nitrogens with one attached hydrogen (secondary N) is 1. The molecule has 2 aromatic carbocycles. The molecule has 0 saturated heterocycles. The maximum atomic E-state index is 11.9. The van der Waals surface area contributed by atoms with Crippen LogP contribution in [0.25, 0.3) is 0 Å². The van der Waals surface area contributed by atoms with E-state index >= 15 is 0 Å². The molecule has 0 aliphatic rings. The Morgan fingerprint density at radius 2 is 2.09 bits per heavy atom. The van der Waals surface area contributed by atoms with Crippen molar-refractivity contribution >= 4 is 44.8 Å². The predicted octanol–water partition coefficient (Wildman–Crippen LogP) is 4.34. The SMILES string of the molecule is Cc1ccc(NC(=O)COc2ccc(Cl)cc2[N+](=O)[O-])c(Br)c1. The van der Waals surface area contributed by atoms with Gasteiger partial charge in [-0.05, 0) is 52.7 Å². The lowest BCUT2D eigenvalue weighted by molar-refractivity contribution is -0.385. The molecule has 23 heavy (non-hydrogen) atoms. The number of hydrogen-bond donors (Lipinski definition) is 1. The standard InChI is InChI=1S/C15H12BrClN2O4/c1-9-2-4-12(11(16)6-9)18-15(20)8-23-14-5-3-10(17)7-13(14)19(21)22/h2-7H,8H2,1H3,(H,18,20). The zero-order valence-electron chi connectivity index (χ0n) is 12.0. The number of nitro groups is 1. The number of halogens is 2. The van der Waals surface area contributed by atoms with Crippen LogP contribution in [-0.4, -0.2) is 17.4 Å². The lowest BCUT2D eigenvalue weighted by Gasteiger charge is -2.09. The summed E-state index contributed by atoms with van der Waals surface area (Å²) in [6.45, 7) is 1.57. The van der Waals surface area contributed by atoms with E-state index in [0.717, 1.165) is 10.0 Å². The van der Waals surface area contributed by atoms with Gasteiger partial charge in [0.25, 0.3) is 5.91 Å². The number of carbonyl (C=O) groups is 1. The fourth-order valence-electron chi connectivity index (χ4n) is 1.81. The van der Waals surface area contributed by atoms with Gasteiger partial charge in [-0.3, -0.25) is 14.9 Å². The largest absolute Gasteiger partial charge is 0.477 e. The van der Waals surface area contributed by atoms with Crippen molar-refractivity contribution in [3.05, 3.63) is 61.6 Å². The highest BCUT2D eigenvalue weighted by molar-refractivity contribution is 9.10. The van der Waals surface area contributed by atoms with E-state index in [1.165, 1.54) is 18.2 Å². The van der Waals surface area contributed by atoms with Crippen LogP contribution in [0.2, 0.25) is 5.02 Å². The van der Waals surface area contributed by atoms with Crippen LogP contribution in [0.3, 0.4) is 0 Å². The molecular weight excluding hydrogens is 388 g/mol. The first-order chi connectivity index (χ1) is 10.9. The van der Waals surface area contributed by atoms with Crippen LogP contribution in [-0.2, 0) is 4.79 Å². The fourth-order valence-corrected chi connectivity index (χ4v) is 2.57. The van der Waals surface area contributed by atoms with Crippen LogP contribution in [0.4, 0.5) is 11.4 Å². The topological polar surface area (TPSA) is 81.5 Å². The number of nitro benzene ring substituents is 1. The Balaban J connectivity index is 2.03. The molecule has 0 saturated carbocycles. The van der Waals surface area contributed by atoms with Crippen molar-refractivity contribution in [2.24, 2.45) is 0 Å². The van der Waals surface area contributed by atoms with Crippen molar-refractivity contribution in [2.45, 2.75) is 6.92 Å². The Hall–Kier alpha value is -2.12. The van der Waals surface area contributed by atoms with E-state index in [0.29, 0.717) is 5.69 Å². The van der Waals surface area contributed by atoms with Crippen LogP contribution in [0, 0.1) is 17.0 Å². The highest BCUT2D eigenvalue weighted by atomic mass is 79.9. The third kappa shape index (κ3) is 4.67. The van der Waals surface area contributed by atoms with Crippen LogP contribution in [0.1, 0.15) is 5.56 Å². The number of nitrogens with zero attached hydrogens (tertiary/aromatic N) is 1. The molecule has 6 nitrogen and oxygen atoms in total. The number of anilines is 1. The molecule has 0 atom stereocenters. The van der Waals surface area contributed by atoms with Crippen LogP contribution in [0.5, 0.6) is 5.75 Å². The summed E-state index contributed by atoms with van der Waals surface area (Å²) in [6.07, 6.45) is 0. The van der Waals surface area contributed by atoms with Gasteiger partial charge in [-0.2, -0.15) is 0 Å². The second kappa shape index (κ2) is 7.43. The van der Waals surface area contributed by atoms with Gasteiger partial charge in [0.15, 0.2) is 12.4 Å². The van der Waals surface area contributed by atoms with Crippen molar-refractivity contribution in [1.29, 1.82) is 0 Å². The lowest BCUT2D eigenvalue weighted by atomic mass is 10.2. The smallest absolute Gasteiger partial charge is 0.312 e. The van der Waals surface area contributed by atoms with Gasteiger partial charge in [0.1, 0.15) is 0 Å². The number of amides is 1. The van der Waals surface area contributed by atoms with E-state index in [1.807, 2.05) is 19.1 Å². The Bertz CT molecular complexity index is 767. The van der Waals surface area contributed by atoms with E-state index < -0.39 is 10.8 Å². The molecule has 0 aromatic heterocycles. The molecule has 2 aromatic rings. The molecule has 120 valence electrons. The van der Waals surface area contributed by atoms with Crippen molar-refractivity contribution in [3.63, 3.8) is 0 Å². The molecule has 0 aliphatic heterocycles. The van der Waals surface area contributed by atoms with Gasteiger partial charge in [0.05, 0.1) is 10.6 Å². The van der Waals surface area contributed by atoms with Crippen molar-refractivity contribution < 1.29 is 14.5 Å². The summed E-state index contributed by atoms with van der Waals surface area (Å²) in [4.78, 5) is 22.2. The molecule has 0 radical (unpaired) electrons. The molecule has 1 N–H and O–H groups in total. The molecule has 8 heteroatoms. The zero-order valence-corrected chi connectivity index (χ0v) is 14.3. The van der Waals surface area contributed by atoms with Gasteiger partial charge in [-0.15, -0.1) is 0 Å². The number of hydrogen-bond acceptors (Lipinski definition) is 4.